The van der Waals surface area contributed by atoms with Crippen molar-refractivity contribution >= 4 is 17.5 Å². The molecule has 3 aromatic carbocycles. The lowest BCUT2D eigenvalue weighted by Crippen LogP contribution is -2.12. The normalized spacial score (nSPS) is 11.4. The lowest BCUT2D eigenvalue weighted by Gasteiger charge is -2.15. The van der Waals surface area contributed by atoms with E-state index >= 15 is 0 Å². The van der Waals surface area contributed by atoms with E-state index in [0.29, 0.717) is 22.4 Å². The third-order valence-electron chi connectivity index (χ3n) is 4.70. The summed E-state index contributed by atoms with van der Waals surface area (Å²) in [5, 5.41) is 9.40. The van der Waals surface area contributed by atoms with E-state index in [4.69, 9.17) is 9.47 Å². The second kappa shape index (κ2) is 9.56. The van der Waals surface area contributed by atoms with Gasteiger partial charge in [0.05, 0.1) is 26.2 Å². The van der Waals surface area contributed by atoms with Crippen LogP contribution in [0.25, 0.3) is 16.7 Å². The molecule has 1 N–H and O–H groups in total. The molecule has 0 aliphatic heterocycles. The third-order valence-corrected chi connectivity index (χ3v) is 4.70. The van der Waals surface area contributed by atoms with E-state index in [9.17, 15) is 14.7 Å². The summed E-state index contributed by atoms with van der Waals surface area (Å²) in [4.78, 5) is 24.0. The average Bonchev–Trinajstić information content (AvgIpc) is 2.79. The van der Waals surface area contributed by atoms with Crippen LogP contribution < -0.4 is 4.74 Å². The molecule has 30 heavy (non-hydrogen) atoms. The van der Waals surface area contributed by atoms with E-state index in [1.807, 2.05) is 60.7 Å². The summed E-state index contributed by atoms with van der Waals surface area (Å²) >= 11 is 0. The molecular weight excluding hydrogens is 380 g/mol. The average molecular weight is 402 g/mol. The van der Waals surface area contributed by atoms with Crippen LogP contribution in [0, 0.1) is 0 Å². The van der Waals surface area contributed by atoms with Gasteiger partial charge in [0.1, 0.15) is 5.75 Å². The van der Waals surface area contributed by atoms with Crippen molar-refractivity contribution in [3.63, 3.8) is 0 Å². The van der Waals surface area contributed by atoms with Crippen LogP contribution in [0.1, 0.15) is 17.5 Å². The Kier molecular flexibility index (Phi) is 6.65. The molecule has 0 radical (unpaired) electrons. The smallest absolute Gasteiger partial charge is 0.334 e. The maximum atomic E-state index is 12.5. The van der Waals surface area contributed by atoms with E-state index in [-0.39, 0.29) is 5.57 Å². The molecule has 0 aliphatic carbocycles. The zero-order valence-electron chi connectivity index (χ0n) is 16.8. The number of benzene rings is 3. The number of carbonyl (C=O) groups is 2. The maximum Gasteiger partial charge on any atom is 0.334 e. The number of rotatable bonds is 7. The summed E-state index contributed by atoms with van der Waals surface area (Å²) in [7, 11) is 2.79. The van der Waals surface area contributed by atoms with Crippen molar-refractivity contribution in [1.82, 2.24) is 0 Å². The molecule has 3 aromatic rings. The second-order valence-corrected chi connectivity index (χ2v) is 6.59. The van der Waals surface area contributed by atoms with E-state index < -0.39 is 18.4 Å². The number of aliphatic carboxylic acids is 1. The van der Waals surface area contributed by atoms with Gasteiger partial charge in [-0.2, -0.15) is 0 Å². The molecule has 0 saturated carbocycles. The Bertz CT molecular complexity index is 1070. The van der Waals surface area contributed by atoms with Crippen molar-refractivity contribution in [1.29, 1.82) is 0 Å². The highest BCUT2D eigenvalue weighted by atomic mass is 16.5. The molecular formula is C25H22O5. The van der Waals surface area contributed by atoms with Gasteiger partial charge in [-0.15, -0.1) is 0 Å². The van der Waals surface area contributed by atoms with Crippen LogP contribution in [0.5, 0.6) is 5.75 Å². The van der Waals surface area contributed by atoms with E-state index in [1.54, 1.807) is 25.3 Å². The number of hydrogen-bond acceptors (Lipinski definition) is 4. The minimum atomic E-state index is -1.11. The molecule has 0 unspecified atom stereocenters. The number of esters is 1. The predicted molar refractivity (Wildman–Crippen MR) is 115 cm³/mol. The van der Waals surface area contributed by atoms with Gasteiger partial charge in [-0.3, -0.25) is 4.79 Å². The zero-order valence-corrected chi connectivity index (χ0v) is 16.8. The SMILES string of the molecule is COC(=O)C(CC(=O)O)=C(c1ccc(-c2ccccc2)cc1)c1cccc(OC)c1. The van der Waals surface area contributed by atoms with Crippen molar-refractivity contribution in [2.24, 2.45) is 0 Å². The van der Waals surface area contributed by atoms with Gasteiger partial charge in [-0.25, -0.2) is 4.79 Å². The summed E-state index contributed by atoms with van der Waals surface area (Å²) in [6.45, 7) is 0. The fourth-order valence-corrected chi connectivity index (χ4v) is 3.29. The molecule has 0 spiro atoms. The fourth-order valence-electron chi connectivity index (χ4n) is 3.29. The van der Waals surface area contributed by atoms with Crippen LogP contribution >= 0.6 is 0 Å². The molecule has 5 heteroatoms. The van der Waals surface area contributed by atoms with Gasteiger partial charge < -0.3 is 14.6 Å². The van der Waals surface area contributed by atoms with Crippen molar-refractivity contribution in [3.8, 4) is 16.9 Å². The van der Waals surface area contributed by atoms with Crippen LogP contribution in [0.4, 0.5) is 0 Å². The largest absolute Gasteiger partial charge is 0.497 e. The monoisotopic (exact) mass is 402 g/mol. The highest BCUT2D eigenvalue weighted by molar-refractivity contribution is 6.05. The van der Waals surface area contributed by atoms with Crippen molar-refractivity contribution in [2.75, 3.05) is 14.2 Å². The lowest BCUT2D eigenvalue weighted by molar-refractivity contribution is -0.141. The lowest BCUT2D eigenvalue weighted by atomic mass is 9.90. The van der Waals surface area contributed by atoms with Gasteiger partial charge in [-0.1, -0.05) is 66.7 Å². The number of carboxylic acids is 1. The Morgan fingerprint density at radius 1 is 0.800 bits per heavy atom. The Labute approximate surface area is 175 Å². The Hall–Kier alpha value is -3.86. The van der Waals surface area contributed by atoms with Gasteiger partial charge in [0, 0.05) is 5.57 Å². The molecule has 0 fully saturated rings. The number of methoxy groups -OCH3 is 2. The van der Waals surface area contributed by atoms with E-state index in [0.717, 1.165) is 11.1 Å². The first-order chi connectivity index (χ1) is 14.5. The highest BCUT2D eigenvalue weighted by Crippen LogP contribution is 2.32. The number of ether oxygens (including phenoxy) is 2. The number of hydrogen-bond donors (Lipinski definition) is 1. The Balaban J connectivity index is 2.19. The molecule has 0 bridgehead atoms. The van der Waals surface area contributed by atoms with Crippen LogP contribution in [-0.4, -0.2) is 31.3 Å². The molecule has 0 amide bonds. The first-order valence-electron chi connectivity index (χ1n) is 9.37. The first kappa shape index (κ1) is 20.9. The predicted octanol–water partition coefficient (Wildman–Crippen LogP) is 4.81. The van der Waals surface area contributed by atoms with Crippen molar-refractivity contribution < 1.29 is 24.2 Å². The van der Waals surface area contributed by atoms with Crippen LogP contribution in [0.15, 0.2) is 84.4 Å². The molecule has 0 atom stereocenters. The zero-order chi connectivity index (χ0) is 21.5. The summed E-state index contributed by atoms with van der Waals surface area (Å²) < 4.78 is 10.2. The third kappa shape index (κ3) is 4.75. The van der Waals surface area contributed by atoms with Crippen LogP contribution in [0.2, 0.25) is 0 Å². The number of carboxylic acid groups (broad SMARTS) is 1. The maximum absolute atomic E-state index is 12.5. The molecule has 3 rings (SSSR count). The highest BCUT2D eigenvalue weighted by Gasteiger charge is 2.22. The van der Waals surface area contributed by atoms with Gasteiger partial charge in [-0.05, 0) is 34.4 Å². The number of carbonyl (C=O) groups excluding carboxylic acids is 1. The van der Waals surface area contributed by atoms with Crippen molar-refractivity contribution in [3.05, 3.63) is 95.6 Å². The molecule has 152 valence electrons. The molecule has 0 saturated heterocycles. The summed E-state index contributed by atoms with van der Waals surface area (Å²) in [6, 6.07) is 24.7. The van der Waals surface area contributed by atoms with E-state index in [2.05, 4.69) is 0 Å². The minimum absolute atomic E-state index is 0.0747. The molecule has 0 aliphatic rings. The summed E-state index contributed by atoms with van der Waals surface area (Å²) in [5.41, 5.74) is 4.04. The van der Waals surface area contributed by atoms with Crippen LogP contribution in [0.3, 0.4) is 0 Å². The molecule has 0 aromatic heterocycles. The summed E-state index contributed by atoms with van der Waals surface area (Å²) in [5.74, 6) is -1.19. The minimum Gasteiger partial charge on any atom is -0.497 e. The van der Waals surface area contributed by atoms with Gasteiger partial charge in [0.25, 0.3) is 0 Å². The topological polar surface area (TPSA) is 72.8 Å². The van der Waals surface area contributed by atoms with Crippen LogP contribution in [-0.2, 0) is 14.3 Å². The standard InChI is InChI=1S/C25H22O5/c1-29-21-10-6-9-20(15-21)24(22(16-23(26)27)25(28)30-2)19-13-11-18(12-14-19)17-7-4-3-5-8-17/h3-15H,16H2,1-2H3,(H,26,27). The van der Waals surface area contributed by atoms with Gasteiger partial charge in [0.2, 0.25) is 0 Å². The van der Waals surface area contributed by atoms with Gasteiger partial charge in [0.15, 0.2) is 0 Å². The first-order valence-corrected chi connectivity index (χ1v) is 9.37. The Morgan fingerprint density at radius 3 is 2.07 bits per heavy atom. The second-order valence-electron chi connectivity index (χ2n) is 6.59. The quantitative estimate of drug-likeness (QED) is 0.453. The Morgan fingerprint density at radius 2 is 1.47 bits per heavy atom. The van der Waals surface area contributed by atoms with Gasteiger partial charge >= 0.3 is 11.9 Å². The molecule has 5 nitrogen and oxygen atoms in total. The van der Waals surface area contributed by atoms with Crippen molar-refractivity contribution in [2.45, 2.75) is 6.42 Å². The fraction of sp³-hybridized carbons (Fsp3) is 0.120. The van der Waals surface area contributed by atoms with E-state index in [1.165, 1.54) is 7.11 Å². The summed E-state index contributed by atoms with van der Waals surface area (Å²) in [6.07, 6.45) is -0.459. The molecule has 0 heterocycles.